The Labute approximate surface area is 163 Å². The molecule has 6 heteroatoms. The second-order valence-corrected chi connectivity index (χ2v) is 8.18. The van der Waals surface area contributed by atoms with Crippen LogP contribution in [0.5, 0.6) is 0 Å². The van der Waals surface area contributed by atoms with Crippen LogP contribution in [0, 0.1) is 13.8 Å². The highest BCUT2D eigenvalue weighted by Gasteiger charge is 2.21. The highest BCUT2D eigenvalue weighted by Crippen LogP contribution is 2.39. The SMILES string of the molecule is Cc1cc(C)n2cc(C(Sc3ncc[nH]3)c3ccc(C(C)C)cc3)nc2n1. The molecule has 0 radical (unpaired) electrons. The van der Waals surface area contributed by atoms with Gasteiger partial charge in [-0.25, -0.2) is 15.0 Å². The molecule has 0 aliphatic carbocycles. The highest BCUT2D eigenvalue weighted by atomic mass is 32.2. The van der Waals surface area contributed by atoms with E-state index >= 15 is 0 Å². The number of nitrogens with zero attached hydrogens (tertiary/aromatic N) is 4. The highest BCUT2D eigenvalue weighted by molar-refractivity contribution is 7.99. The summed E-state index contributed by atoms with van der Waals surface area (Å²) in [6.45, 7) is 8.51. The maximum absolute atomic E-state index is 4.84. The van der Waals surface area contributed by atoms with Crippen molar-refractivity contribution in [2.24, 2.45) is 0 Å². The van der Waals surface area contributed by atoms with Crippen LogP contribution in [0.4, 0.5) is 0 Å². The predicted molar refractivity (Wildman–Crippen MR) is 109 cm³/mol. The van der Waals surface area contributed by atoms with Crippen molar-refractivity contribution in [3.05, 3.63) is 77.1 Å². The third kappa shape index (κ3) is 3.62. The summed E-state index contributed by atoms with van der Waals surface area (Å²) in [4.78, 5) is 17.0. The van der Waals surface area contributed by atoms with E-state index in [1.807, 2.05) is 13.1 Å². The summed E-state index contributed by atoms with van der Waals surface area (Å²) in [5.74, 6) is 1.26. The van der Waals surface area contributed by atoms with Crippen LogP contribution in [-0.4, -0.2) is 24.3 Å². The molecule has 0 saturated carbocycles. The minimum absolute atomic E-state index is 0.0405. The lowest BCUT2D eigenvalue weighted by Crippen LogP contribution is -1.99. The standard InChI is InChI=1S/C21H23N5S/c1-13(2)16-5-7-17(8-6-16)19(27-21-22-9-10-23-21)18-12-26-15(4)11-14(3)24-20(26)25-18/h5-13,19H,1-4H3,(H,22,23). The quantitative estimate of drug-likeness (QED) is 0.493. The van der Waals surface area contributed by atoms with Crippen molar-refractivity contribution >= 4 is 17.5 Å². The van der Waals surface area contributed by atoms with Crippen LogP contribution in [0.25, 0.3) is 5.78 Å². The first kappa shape index (κ1) is 17.8. The van der Waals surface area contributed by atoms with Gasteiger partial charge in [-0.2, -0.15) is 0 Å². The molecule has 1 N–H and O–H groups in total. The molecule has 27 heavy (non-hydrogen) atoms. The summed E-state index contributed by atoms with van der Waals surface area (Å²) in [5.41, 5.74) is 5.64. The lowest BCUT2D eigenvalue weighted by molar-refractivity contribution is 0.864. The van der Waals surface area contributed by atoms with Crippen molar-refractivity contribution in [2.75, 3.05) is 0 Å². The molecular formula is C21H23N5S. The monoisotopic (exact) mass is 377 g/mol. The number of hydrogen-bond acceptors (Lipinski definition) is 4. The Morgan fingerprint density at radius 2 is 1.78 bits per heavy atom. The van der Waals surface area contributed by atoms with Crippen LogP contribution in [0.15, 0.2) is 54.1 Å². The number of imidazole rings is 2. The van der Waals surface area contributed by atoms with Crippen molar-refractivity contribution in [1.29, 1.82) is 0 Å². The summed E-state index contributed by atoms with van der Waals surface area (Å²) in [5, 5.41) is 0.921. The Morgan fingerprint density at radius 3 is 2.44 bits per heavy atom. The van der Waals surface area contributed by atoms with Crippen molar-refractivity contribution in [1.82, 2.24) is 24.3 Å². The van der Waals surface area contributed by atoms with Gasteiger partial charge < -0.3 is 4.98 Å². The number of fused-ring (bicyclic) bond motifs is 1. The molecule has 0 saturated heterocycles. The average Bonchev–Trinajstić information content (AvgIpc) is 3.29. The number of H-pyrrole nitrogens is 1. The molecular weight excluding hydrogens is 354 g/mol. The van der Waals surface area contributed by atoms with Gasteiger partial charge >= 0.3 is 0 Å². The summed E-state index contributed by atoms with van der Waals surface area (Å²) in [6, 6.07) is 10.9. The first-order valence-corrected chi connectivity index (χ1v) is 9.98. The molecule has 4 rings (SSSR count). The fourth-order valence-corrected chi connectivity index (χ4v) is 4.21. The molecule has 4 aromatic rings. The lowest BCUT2D eigenvalue weighted by atomic mass is 10.0. The maximum Gasteiger partial charge on any atom is 0.234 e. The molecule has 0 bridgehead atoms. The third-order valence-electron chi connectivity index (χ3n) is 4.66. The molecule has 0 fully saturated rings. The van der Waals surface area contributed by atoms with Gasteiger partial charge in [0.2, 0.25) is 5.78 Å². The van der Waals surface area contributed by atoms with E-state index in [0.717, 1.165) is 28.0 Å². The molecule has 1 aromatic carbocycles. The van der Waals surface area contributed by atoms with E-state index in [1.54, 1.807) is 18.0 Å². The number of nitrogens with one attached hydrogen (secondary N) is 1. The number of thioether (sulfide) groups is 1. The molecule has 1 unspecified atom stereocenters. The van der Waals surface area contributed by atoms with Gasteiger partial charge in [0.15, 0.2) is 5.16 Å². The molecule has 0 amide bonds. The topological polar surface area (TPSA) is 58.9 Å². The van der Waals surface area contributed by atoms with Crippen LogP contribution in [-0.2, 0) is 0 Å². The van der Waals surface area contributed by atoms with Crippen molar-refractivity contribution in [3.63, 3.8) is 0 Å². The Bertz CT molecular complexity index is 1050. The molecule has 5 nitrogen and oxygen atoms in total. The van der Waals surface area contributed by atoms with Crippen LogP contribution >= 0.6 is 11.8 Å². The van der Waals surface area contributed by atoms with E-state index in [4.69, 9.17) is 4.98 Å². The molecule has 138 valence electrons. The van der Waals surface area contributed by atoms with E-state index in [0.29, 0.717) is 5.92 Å². The van der Waals surface area contributed by atoms with E-state index < -0.39 is 0 Å². The van der Waals surface area contributed by atoms with Crippen molar-refractivity contribution < 1.29 is 0 Å². The van der Waals surface area contributed by atoms with Gasteiger partial charge in [-0.05, 0) is 37.0 Å². The smallest absolute Gasteiger partial charge is 0.234 e. The van der Waals surface area contributed by atoms with Crippen molar-refractivity contribution in [2.45, 2.75) is 44.0 Å². The summed E-state index contributed by atoms with van der Waals surface area (Å²) < 4.78 is 2.06. The maximum atomic E-state index is 4.84. The first-order chi connectivity index (χ1) is 13.0. The number of aromatic amines is 1. The van der Waals surface area contributed by atoms with E-state index in [1.165, 1.54) is 11.1 Å². The van der Waals surface area contributed by atoms with Gasteiger partial charge in [0.1, 0.15) is 0 Å². The molecule has 0 spiro atoms. The minimum Gasteiger partial charge on any atom is -0.340 e. The van der Waals surface area contributed by atoms with E-state index in [2.05, 4.69) is 76.7 Å². The van der Waals surface area contributed by atoms with Crippen LogP contribution in [0.3, 0.4) is 0 Å². The Hall–Kier alpha value is -2.60. The Balaban J connectivity index is 1.79. The zero-order valence-electron chi connectivity index (χ0n) is 16.0. The van der Waals surface area contributed by atoms with Gasteiger partial charge in [-0.1, -0.05) is 49.9 Å². The number of hydrogen-bond donors (Lipinski definition) is 1. The largest absolute Gasteiger partial charge is 0.340 e. The van der Waals surface area contributed by atoms with Gasteiger partial charge in [0.25, 0.3) is 0 Å². The number of aromatic nitrogens is 5. The zero-order valence-corrected chi connectivity index (χ0v) is 16.8. The number of benzene rings is 1. The van der Waals surface area contributed by atoms with E-state index in [-0.39, 0.29) is 5.25 Å². The Kier molecular flexibility index (Phi) is 4.74. The summed E-state index contributed by atoms with van der Waals surface area (Å²) in [7, 11) is 0. The zero-order chi connectivity index (χ0) is 19.0. The second-order valence-electron chi connectivity index (χ2n) is 7.09. The van der Waals surface area contributed by atoms with Gasteiger partial charge in [-0.15, -0.1) is 0 Å². The van der Waals surface area contributed by atoms with Crippen LogP contribution in [0.2, 0.25) is 0 Å². The fourth-order valence-electron chi connectivity index (χ4n) is 3.20. The van der Waals surface area contributed by atoms with Crippen molar-refractivity contribution in [3.8, 4) is 0 Å². The summed E-state index contributed by atoms with van der Waals surface area (Å²) >= 11 is 1.67. The van der Waals surface area contributed by atoms with Gasteiger partial charge in [0.05, 0.1) is 10.9 Å². The third-order valence-corrected chi connectivity index (χ3v) is 5.85. The van der Waals surface area contributed by atoms with Crippen LogP contribution in [0.1, 0.15) is 53.2 Å². The normalized spacial score (nSPS) is 12.8. The lowest BCUT2D eigenvalue weighted by Gasteiger charge is -2.15. The van der Waals surface area contributed by atoms with E-state index in [9.17, 15) is 0 Å². The number of rotatable bonds is 5. The molecule has 3 heterocycles. The van der Waals surface area contributed by atoms with Gasteiger partial charge in [0, 0.05) is 30.0 Å². The van der Waals surface area contributed by atoms with Crippen LogP contribution < -0.4 is 0 Å². The summed E-state index contributed by atoms with van der Waals surface area (Å²) in [6.07, 6.45) is 5.72. The molecule has 0 aliphatic rings. The second kappa shape index (κ2) is 7.19. The molecule has 0 aliphatic heterocycles. The molecule has 3 aromatic heterocycles. The average molecular weight is 378 g/mol. The first-order valence-electron chi connectivity index (χ1n) is 9.10. The fraction of sp³-hybridized carbons (Fsp3) is 0.286. The molecule has 1 atom stereocenters. The predicted octanol–water partition coefficient (Wildman–Crippen LogP) is 5.07. The van der Waals surface area contributed by atoms with Gasteiger partial charge in [-0.3, -0.25) is 4.40 Å². The minimum atomic E-state index is 0.0405. The Morgan fingerprint density at radius 1 is 1.04 bits per heavy atom. The number of aryl methyl sites for hydroxylation is 2.